The zero-order chi connectivity index (χ0) is 19.0. The molecule has 0 spiro atoms. The van der Waals surface area contributed by atoms with Gasteiger partial charge in [0.1, 0.15) is 0 Å². The highest BCUT2D eigenvalue weighted by Crippen LogP contribution is 2.30. The Balaban J connectivity index is 1.66. The third-order valence-electron chi connectivity index (χ3n) is 4.41. The second-order valence-electron chi connectivity index (χ2n) is 6.39. The summed E-state index contributed by atoms with van der Waals surface area (Å²) in [5.41, 5.74) is 4.91. The summed E-state index contributed by atoms with van der Waals surface area (Å²) in [6.45, 7) is 4.43. The van der Waals surface area contributed by atoms with Gasteiger partial charge < -0.3 is 5.32 Å². The van der Waals surface area contributed by atoms with Crippen molar-refractivity contribution in [3.05, 3.63) is 47.7 Å². The number of benzene rings is 1. The van der Waals surface area contributed by atoms with Gasteiger partial charge in [0, 0.05) is 17.9 Å². The van der Waals surface area contributed by atoms with Crippen LogP contribution in [0, 0.1) is 13.8 Å². The largest absolute Gasteiger partial charge is 0.329 e. The highest BCUT2D eigenvalue weighted by Gasteiger charge is 2.28. The van der Waals surface area contributed by atoms with Crippen molar-refractivity contribution in [1.29, 1.82) is 0 Å². The van der Waals surface area contributed by atoms with Crippen molar-refractivity contribution >= 4 is 29.2 Å². The maximum absolute atomic E-state index is 11.7. The van der Waals surface area contributed by atoms with Gasteiger partial charge in [-0.05, 0) is 25.5 Å². The number of imidazole rings is 1. The maximum Gasteiger partial charge on any atom is 0.324 e. The average Bonchev–Trinajstić information content (AvgIpc) is 3.17. The van der Waals surface area contributed by atoms with E-state index < -0.39 is 0 Å². The maximum atomic E-state index is 11.7. The Bertz CT molecular complexity index is 1020. The summed E-state index contributed by atoms with van der Waals surface area (Å²) < 4.78 is 1.86. The summed E-state index contributed by atoms with van der Waals surface area (Å²) in [6, 6.07) is 11.7. The first-order chi connectivity index (χ1) is 13.0. The first-order valence-electron chi connectivity index (χ1n) is 8.68. The number of carbonyl (C=O) groups excluding carboxylic acids is 2. The molecule has 0 radical (unpaired) electrons. The number of nitrogens with zero attached hydrogens (tertiary/aromatic N) is 4. The first-order valence-corrected chi connectivity index (χ1v) is 9.66. The lowest BCUT2D eigenvalue weighted by molar-refractivity contribution is -0.124. The van der Waals surface area contributed by atoms with Gasteiger partial charge in [-0.2, -0.15) is 5.10 Å². The van der Waals surface area contributed by atoms with Gasteiger partial charge in [-0.3, -0.25) is 9.69 Å². The Morgan fingerprint density at radius 2 is 1.96 bits per heavy atom. The molecule has 0 unspecified atom stereocenters. The summed E-state index contributed by atoms with van der Waals surface area (Å²) >= 11 is 1.49. The number of thioether (sulfide) groups is 1. The van der Waals surface area contributed by atoms with E-state index in [0.29, 0.717) is 12.3 Å². The topological polar surface area (TPSA) is 79.6 Å². The SMILES string of the molecule is Cc1cc(C)c2c(-c3ccccc3)nc(SCCN3C(=O)CNC3=O)n2n1. The average molecular weight is 381 g/mol. The number of rotatable bonds is 5. The lowest BCUT2D eigenvalue weighted by Gasteiger charge is -2.11. The Morgan fingerprint density at radius 3 is 2.67 bits per heavy atom. The minimum Gasteiger partial charge on any atom is -0.329 e. The molecule has 1 aliphatic heterocycles. The fraction of sp³-hybridized carbons (Fsp3) is 0.263. The molecule has 0 bridgehead atoms. The van der Waals surface area contributed by atoms with Crippen LogP contribution >= 0.6 is 11.8 Å². The van der Waals surface area contributed by atoms with Crippen LogP contribution in [0.25, 0.3) is 16.8 Å². The van der Waals surface area contributed by atoms with E-state index in [1.807, 2.05) is 47.8 Å². The molecule has 3 aromatic rings. The number of aryl methyl sites for hydroxylation is 2. The van der Waals surface area contributed by atoms with Crippen LogP contribution in [0.3, 0.4) is 0 Å². The van der Waals surface area contributed by atoms with E-state index in [9.17, 15) is 9.59 Å². The van der Waals surface area contributed by atoms with Crippen LogP contribution in [-0.4, -0.2) is 50.3 Å². The van der Waals surface area contributed by atoms with E-state index in [2.05, 4.69) is 17.3 Å². The molecule has 138 valence electrons. The van der Waals surface area contributed by atoms with E-state index in [1.165, 1.54) is 16.7 Å². The van der Waals surface area contributed by atoms with Crippen LogP contribution < -0.4 is 5.32 Å². The highest BCUT2D eigenvalue weighted by atomic mass is 32.2. The fourth-order valence-corrected chi connectivity index (χ4v) is 4.07. The highest BCUT2D eigenvalue weighted by molar-refractivity contribution is 7.99. The molecule has 1 N–H and O–H groups in total. The molecule has 4 rings (SSSR count). The number of carbonyl (C=O) groups is 2. The molecule has 8 heteroatoms. The summed E-state index contributed by atoms with van der Waals surface area (Å²) in [7, 11) is 0. The van der Waals surface area contributed by atoms with E-state index in [-0.39, 0.29) is 18.5 Å². The Labute approximate surface area is 160 Å². The van der Waals surface area contributed by atoms with E-state index in [4.69, 9.17) is 4.98 Å². The monoisotopic (exact) mass is 381 g/mol. The van der Waals surface area contributed by atoms with Gasteiger partial charge in [0.25, 0.3) is 0 Å². The predicted octanol–water partition coefficient (Wildman–Crippen LogP) is 2.66. The normalized spacial score (nSPS) is 14.2. The molecule has 3 amide bonds. The van der Waals surface area contributed by atoms with Gasteiger partial charge in [0.05, 0.1) is 23.4 Å². The molecule has 0 atom stereocenters. The predicted molar refractivity (Wildman–Crippen MR) is 104 cm³/mol. The Kier molecular flexibility index (Phi) is 4.57. The molecule has 1 saturated heterocycles. The van der Waals surface area contributed by atoms with Crippen molar-refractivity contribution < 1.29 is 9.59 Å². The van der Waals surface area contributed by atoms with Crippen molar-refractivity contribution in [1.82, 2.24) is 24.8 Å². The molecule has 1 fully saturated rings. The smallest absolute Gasteiger partial charge is 0.324 e. The van der Waals surface area contributed by atoms with Crippen molar-refractivity contribution in [2.24, 2.45) is 0 Å². The molecule has 0 aliphatic carbocycles. The van der Waals surface area contributed by atoms with Crippen LogP contribution in [0.15, 0.2) is 41.6 Å². The number of fused-ring (bicyclic) bond motifs is 1. The third-order valence-corrected chi connectivity index (χ3v) is 5.32. The van der Waals surface area contributed by atoms with Gasteiger partial charge in [0.15, 0.2) is 5.16 Å². The van der Waals surface area contributed by atoms with Gasteiger partial charge in [-0.15, -0.1) is 0 Å². The van der Waals surface area contributed by atoms with Crippen molar-refractivity contribution in [2.75, 3.05) is 18.8 Å². The van der Waals surface area contributed by atoms with Crippen LogP contribution in [0.2, 0.25) is 0 Å². The number of hydrogen-bond acceptors (Lipinski definition) is 5. The lowest BCUT2D eigenvalue weighted by Crippen LogP contribution is -2.32. The zero-order valence-corrected chi connectivity index (χ0v) is 15.9. The molecular formula is C19H19N5O2S. The van der Waals surface area contributed by atoms with Gasteiger partial charge in [-0.1, -0.05) is 42.1 Å². The molecule has 2 aromatic heterocycles. The standard InChI is InChI=1S/C19H19N5O2S/c1-12-10-13(2)22-24-17(12)16(14-6-4-3-5-7-14)21-19(24)27-9-8-23-15(25)11-20-18(23)26/h3-7,10H,8-9,11H2,1-2H3,(H,20,26). The Hall–Kier alpha value is -2.87. The molecule has 3 heterocycles. The number of hydrogen-bond donors (Lipinski definition) is 1. The molecular weight excluding hydrogens is 362 g/mol. The summed E-state index contributed by atoms with van der Waals surface area (Å²) in [4.78, 5) is 29.5. The number of nitrogens with one attached hydrogen (secondary N) is 1. The van der Waals surface area contributed by atoms with Gasteiger partial charge in [0.2, 0.25) is 5.91 Å². The lowest BCUT2D eigenvalue weighted by atomic mass is 10.1. The summed E-state index contributed by atoms with van der Waals surface area (Å²) in [5.74, 6) is 0.365. The quantitative estimate of drug-likeness (QED) is 0.543. The minimum absolute atomic E-state index is 0.0773. The summed E-state index contributed by atoms with van der Waals surface area (Å²) in [5, 5.41) is 7.92. The molecule has 1 aromatic carbocycles. The van der Waals surface area contributed by atoms with Crippen molar-refractivity contribution in [3.8, 4) is 11.3 Å². The van der Waals surface area contributed by atoms with Crippen LogP contribution in [0.1, 0.15) is 11.3 Å². The number of imide groups is 1. The number of amides is 3. The van der Waals surface area contributed by atoms with Crippen LogP contribution in [0.4, 0.5) is 4.79 Å². The Morgan fingerprint density at radius 1 is 1.19 bits per heavy atom. The second-order valence-corrected chi connectivity index (χ2v) is 7.45. The van der Waals surface area contributed by atoms with Gasteiger partial charge >= 0.3 is 6.03 Å². The van der Waals surface area contributed by atoms with Crippen LogP contribution in [0.5, 0.6) is 0 Å². The summed E-state index contributed by atoms with van der Waals surface area (Å²) in [6.07, 6.45) is 0. The number of aromatic nitrogens is 3. The second kappa shape index (κ2) is 7.03. The third kappa shape index (κ3) is 3.28. The number of urea groups is 1. The van der Waals surface area contributed by atoms with Crippen molar-refractivity contribution in [3.63, 3.8) is 0 Å². The van der Waals surface area contributed by atoms with E-state index in [1.54, 1.807) is 0 Å². The van der Waals surface area contributed by atoms with Crippen molar-refractivity contribution in [2.45, 2.75) is 19.0 Å². The molecule has 7 nitrogen and oxygen atoms in total. The fourth-order valence-electron chi connectivity index (χ4n) is 3.21. The molecule has 1 aliphatic rings. The first kappa shape index (κ1) is 17.5. The van der Waals surface area contributed by atoms with Crippen LogP contribution in [-0.2, 0) is 4.79 Å². The molecule has 27 heavy (non-hydrogen) atoms. The molecule has 0 saturated carbocycles. The van der Waals surface area contributed by atoms with E-state index in [0.717, 1.165) is 33.2 Å². The minimum atomic E-state index is -0.330. The zero-order valence-electron chi connectivity index (χ0n) is 15.1. The van der Waals surface area contributed by atoms with E-state index >= 15 is 0 Å². The van der Waals surface area contributed by atoms with Gasteiger partial charge in [-0.25, -0.2) is 14.3 Å².